The van der Waals surface area contributed by atoms with E-state index in [2.05, 4.69) is 69.4 Å². The van der Waals surface area contributed by atoms with Crippen molar-refractivity contribution in [3.63, 3.8) is 0 Å². The van der Waals surface area contributed by atoms with Gasteiger partial charge in [-0.2, -0.15) is 0 Å². The first-order chi connectivity index (χ1) is 32.5. The molecule has 0 N–H and O–H groups in total. The normalized spacial score (nSPS) is 12.3. The predicted octanol–water partition coefficient (Wildman–Crippen LogP) is 19.0. The fraction of sp³-hybridized carbons (Fsp3) is 0.817. The topological polar surface area (TPSA) is 78.9 Å². The van der Waals surface area contributed by atoms with Gasteiger partial charge in [-0.15, -0.1) is 0 Å². The molecule has 0 radical (unpaired) electrons. The van der Waals surface area contributed by atoms with E-state index in [0.29, 0.717) is 19.3 Å². The highest BCUT2D eigenvalue weighted by molar-refractivity contribution is 5.71. The summed E-state index contributed by atoms with van der Waals surface area (Å²) < 4.78 is 16.8. The lowest BCUT2D eigenvalue weighted by Crippen LogP contribution is -2.30. The zero-order valence-corrected chi connectivity index (χ0v) is 44.0. The Hall–Kier alpha value is -2.63. The Balaban J connectivity index is 4.43. The third kappa shape index (κ3) is 52.3. The molecule has 0 amide bonds. The van der Waals surface area contributed by atoms with Crippen molar-refractivity contribution in [1.29, 1.82) is 0 Å². The SMILES string of the molecule is CCCCCCCC/C=C\C/C=C\C/C=C\CCCC(=O)OC(COC(=O)CCCCCCC/C=C\CCCCCCCCCCC)COC(=O)CCCCCCCCCCCCCCC. The highest BCUT2D eigenvalue weighted by atomic mass is 16.6. The van der Waals surface area contributed by atoms with E-state index in [9.17, 15) is 14.4 Å². The van der Waals surface area contributed by atoms with Crippen molar-refractivity contribution in [2.24, 2.45) is 0 Å². The molecule has 0 heterocycles. The van der Waals surface area contributed by atoms with Gasteiger partial charge in [-0.1, -0.05) is 249 Å². The van der Waals surface area contributed by atoms with Gasteiger partial charge in [0.05, 0.1) is 0 Å². The summed E-state index contributed by atoms with van der Waals surface area (Å²) in [4.78, 5) is 38.1. The summed E-state index contributed by atoms with van der Waals surface area (Å²) in [6.45, 7) is 6.61. The van der Waals surface area contributed by atoms with Crippen molar-refractivity contribution >= 4 is 17.9 Å². The molecule has 0 saturated heterocycles. The Morgan fingerprint density at radius 3 is 0.909 bits per heavy atom. The molecule has 0 aromatic heterocycles. The van der Waals surface area contributed by atoms with Crippen LogP contribution in [0.3, 0.4) is 0 Å². The summed E-state index contributed by atoms with van der Waals surface area (Å²) in [5, 5.41) is 0. The van der Waals surface area contributed by atoms with Gasteiger partial charge in [0.2, 0.25) is 0 Å². The van der Waals surface area contributed by atoms with Crippen molar-refractivity contribution in [2.45, 2.75) is 303 Å². The van der Waals surface area contributed by atoms with E-state index in [1.54, 1.807) is 0 Å². The number of unbranched alkanes of at least 4 members (excludes halogenated alkanes) is 33. The molecular weight excluding hydrogens is 817 g/mol. The summed E-state index contributed by atoms with van der Waals surface area (Å²) in [5.74, 6) is -0.941. The van der Waals surface area contributed by atoms with Gasteiger partial charge in [-0.25, -0.2) is 0 Å². The fourth-order valence-electron chi connectivity index (χ4n) is 8.22. The molecule has 0 spiro atoms. The largest absolute Gasteiger partial charge is 0.462 e. The Bertz CT molecular complexity index is 1150. The van der Waals surface area contributed by atoms with Crippen LogP contribution in [0.4, 0.5) is 0 Å². The van der Waals surface area contributed by atoms with Gasteiger partial charge in [0.1, 0.15) is 13.2 Å². The molecule has 0 aliphatic carbocycles. The van der Waals surface area contributed by atoms with Crippen LogP contribution in [-0.4, -0.2) is 37.2 Å². The number of ether oxygens (including phenoxy) is 3. The van der Waals surface area contributed by atoms with Crippen LogP contribution >= 0.6 is 0 Å². The maximum absolute atomic E-state index is 12.8. The van der Waals surface area contributed by atoms with Gasteiger partial charge in [0, 0.05) is 19.3 Å². The summed E-state index contributed by atoms with van der Waals surface area (Å²) in [6, 6.07) is 0. The number of hydrogen-bond acceptors (Lipinski definition) is 6. The molecule has 0 fully saturated rings. The molecule has 0 rings (SSSR count). The highest BCUT2D eigenvalue weighted by Gasteiger charge is 2.19. The molecule has 66 heavy (non-hydrogen) atoms. The maximum Gasteiger partial charge on any atom is 0.306 e. The summed E-state index contributed by atoms with van der Waals surface area (Å²) >= 11 is 0. The van der Waals surface area contributed by atoms with Crippen LogP contribution in [0.5, 0.6) is 0 Å². The molecule has 0 aromatic carbocycles. The standard InChI is InChI=1S/C60H108O6/c1-4-7-10-13-16-19-22-25-27-29-31-32-35-38-41-44-47-50-53-59(62)65-56-57(55-64-58(61)52-49-46-43-40-37-34-24-21-18-15-12-9-6-3)66-60(63)54-51-48-45-42-39-36-33-30-28-26-23-20-17-14-11-8-5-2/h26,28,31-33,36,42,45,57H,4-25,27,29-30,34-35,37-41,43-44,46-56H2,1-3H3/b28-26-,32-31-,36-33-,45-42-. The van der Waals surface area contributed by atoms with Crippen molar-refractivity contribution in [1.82, 2.24) is 0 Å². The molecule has 1 atom stereocenters. The van der Waals surface area contributed by atoms with Crippen molar-refractivity contribution in [3.8, 4) is 0 Å². The predicted molar refractivity (Wildman–Crippen MR) is 284 cm³/mol. The van der Waals surface area contributed by atoms with Gasteiger partial charge < -0.3 is 14.2 Å². The second kappa shape index (κ2) is 55.0. The van der Waals surface area contributed by atoms with E-state index in [0.717, 1.165) is 64.2 Å². The van der Waals surface area contributed by atoms with E-state index in [-0.39, 0.29) is 37.5 Å². The number of esters is 3. The molecule has 0 aliphatic heterocycles. The summed E-state index contributed by atoms with van der Waals surface area (Å²) in [7, 11) is 0. The van der Waals surface area contributed by atoms with Crippen LogP contribution in [0.2, 0.25) is 0 Å². The van der Waals surface area contributed by atoms with E-state index >= 15 is 0 Å². The van der Waals surface area contributed by atoms with Crippen molar-refractivity contribution in [3.05, 3.63) is 48.6 Å². The van der Waals surface area contributed by atoms with Gasteiger partial charge in [0.15, 0.2) is 6.10 Å². The van der Waals surface area contributed by atoms with Crippen LogP contribution < -0.4 is 0 Å². The van der Waals surface area contributed by atoms with Gasteiger partial charge in [0.25, 0.3) is 0 Å². The third-order valence-electron chi connectivity index (χ3n) is 12.6. The van der Waals surface area contributed by atoms with Crippen LogP contribution in [0, 0.1) is 0 Å². The van der Waals surface area contributed by atoms with Gasteiger partial charge in [-0.05, 0) is 77.0 Å². The molecule has 6 nitrogen and oxygen atoms in total. The Morgan fingerprint density at radius 1 is 0.303 bits per heavy atom. The van der Waals surface area contributed by atoms with E-state index in [4.69, 9.17) is 14.2 Å². The van der Waals surface area contributed by atoms with E-state index in [1.165, 1.54) is 186 Å². The van der Waals surface area contributed by atoms with Crippen LogP contribution in [0.15, 0.2) is 48.6 Å². The van der Waals surface area contributed by atoms with E-state index < -0.39 is 6.10 Å². The number of carbonyl (C=O) groups excluding carboxylic acids is 3. The first-order valence-corrected chi connectivity index (χ1v) is 28.6. The average molecular weight is 926 g/mol. The molecule has 1 unspecified atom stereocenters. The van der Waals surface area contributed by atoms with E-state index in [1.807, 2.05) is 0 Å². The monoisotopic (exact) mass is 925 g/mol. The quantitative estimate of drug-likeness (QED) is 0.0262. The Kier molecular flexibility index (Phi) is 52.8. The van der Waals surface area contributed by atoms with Crippen molar-refractivity contribution in [2.75, 3.05) is 13.2 Å². The zero-order chi connectivity index (χ0) is 47.9. The van der Waals surface area contributed by atoms with Crippen LogP contribution in [-0.2, 0) is 28.6 Å². The second-order valence-corrected chi connectivity index (χ2v) is 19.2. The Labute approximate surface area is 409 Å². The molecule has 0 aliphatic rings. The summed E-state index contributed by atoms with van der Waals surface area (Å²) in [6.07, 6.45) is 66.8. The van der Waals surface area contributed by atoms with Gasteiger partial charge >= 0.3 is 17.9 Å². The van der Waals surface area contributed by atoms with Crippen LogP contribution in [0.1, 0.15) is 297 Å². The zero-order valence-electron chi connectivity index (χ0n) is 44.0. The maximum atomic E-state index is 12.8. The number of allylic oxidation sites excluding steroid dienone is 8. The molecular formula is C60H108O6. The third-order valence-corrected chi connectivity index (χ3v) is 12.6. The molecule has 0 aromatic rings. The van der Waals surface area contributed by atoms with Gasteiger partial charge in [-0.3, -0.25) is 14.4 Å². The summed E-state index contributed by atoms with van der Waals surface area (Å²) in [5.41, 5.74) is 0. The highest BCUT2D eigenvalue weighted by Crippen LogP contribution is 2.15. The Morgan fingerprint density at radius 2 is 0.561 bits per heavy atom. The number of hydrogen-bond donors (Lipinski definition) is 0. The smallest absolute Gasteiger partial charge is 0.306 e. The second-order valence-electron chi connectivity index (χ2n) is 19.2. The fourth-order valence-corrected chi connectivity index (χ4v) is 8.22. The lowest BCUT2D eigenvalue weighted by molar-refractivity contribution is -0.167. The molecule has 384 valence electrons. The first-order valence-electron chi connectivity index (χ1n) is 28.6. The molecule has 0 bridgehead atoms. The lowest BCUT2D eigenvalue weighted by atomic mass is 10.0. The minimum atomic E-state index is -0.800. The molecule has 0 saturated carbocycles. The lowest BCUT2D eigenvalue weighted by Gasteiger charge is -2.18. The minimum Gasteiger partial charge on any atom is -0.462 e. The number of rotatable bonds is 52. The first kappa shape index (κ1) is 63.4. The average Bonchev–Trinajstić information content (AvgIpc) is 3.31. The minimum absolute atomic E-state index is 0.0928. The number of carbonyl (C=O) groups is 3. The van der Waals surface area contributed by atoms with Crippen molar-refractivity contribution < 1.29 is 28.6 Å². The molecule has 6 heteroatoms. The van der Waals surface area contributed by atoms with Crippen LogP contribution in [0.25, 0.3) is 0 Å².